The lowest BCUT2D eigenvalue weighted by Gasteiger charge is -2.24. The second-order valence-electron chi connectivity index (χ2n) is 4.37. The molecule has 17 heavy (non-hydrogen) atoms. The summed E-state index contributed by atoms with van der Waals surface area (Å²) in [7, 11) is 1.93. The molecule has 0 aliphatic carbocycles. The van der Waals surface area contributed by atoms with Crippen LogP contribution in [-0.2, 0) is 0 Å². The number of nitrogens with zero attached hydrogens (tertiary/aromatic N) is 1. The molecule has 0 N–H and O–H groups in total. The molecule has 1 fully saturated rings. The van der Waals surface area contributed by atoms with Gasteiger partial charge in [0, 0.05) is 22.4 Å². The van der Waals surface area contributed by atoms with Crippen LogP contribution in [0.25, 0.3) is 0 Å². The highest BCUT2D eigenvalue weighted by molar-refractivity contribution is 14.1. The zero-order valence-corrected chi connectivity index (χ0v) is 13.0. The first kappa shape index (κ1) is 13.2. The number of rotatable bonds is 2. The van der Waals surface area contributed by atoms with E-state index >= 15 is 0 Å². The molecule has 4 heteroatoms. The van der Waals surface area contributed by atoms with E-state index in [0.29, 0.717) is 6.04 Å². The lowest BCUT2D eigenvalue weighted by molar-refractivity contribution is 0.0746. The lowest BCUT2D eigenvalue weighted by atomic mass is 10.1. The molecule has 1 atom stereocenters. The van der Waals surface area contributed by atoms with Gasteiger partial charge in [-0.2, -0.15) is 11.8 Å². The van der Waals surface area contributed by atoms with Gasteiger partial charge in [0.2, 0.25) is 0 Å². The summed E-state index contributed by atoms with van der Waals surface area (Å²) in [4.78, 5) is 14.3. The maximum atomic E-state index is 12.4. The van der Waals surface area contributed by atoms with Crippen LogP contribution in [0.5, 0.6) is 0 Å². The third-order valence-electron chi connectivity index (χ3n) is 3.20. The van der Waals surface area contributed by atoms with Gasteiger partial charge in [0.1, 0.15) is 0 Å². The van der Waals surface area contributed by atoms with Crippen molar-refractivity contribution in [3.63, 3.8) is 0 Å². The quantitative estimate of drug-likeness (QED) is 0.755. The molecule has 1 aliphatic rings. The lowest BCUT2D eigenvalue weighted by Crippen LogP contribution is -2.37. The second-order valence-corrected chi connectivity index (χ2v) is 6.60. The van der Waals surface area contributed by atoms with Crippen molar-refractivity contribution in [2.75, 3.05) is 18.6 Å². The molecule has 2 rings (SSSR count). The molecule has 1 saturated heterocycles. The van der Waals surface area contributed by atoms with Crippen molar-refractivity contribution in [2.45, 2.75) is 19.4 Å². The number of carbonyl (C=O) groups is 1. The highest BCUT2D eigenvalue weighted by atomic mass is 127. The number of thioether (sulfide) groups is 1. The molecular formula is C13H16INOS. The molecular weight excluding hydrogens is 345 g/mol. The van der Waals surface area contributed by atoms with Gasteiger partial charge < -0.3 is 4.90 Å². The highest BCUT2D eigenvalue weighted by Gasteiger charge is 2.25. The molecule has 1 heterocycles. The molecule has 1 aromatic carbocycles. The number of aryl methyl sites for hydroxylation is 1. The average molecular weight is 361 g/mol. The minimum atomic E-state index is 0.158. The third-order valence-corrected chi connectivity index (χ3v) is 5.77. The summed E-state index contributed by atoms with van der Waals surface area (Å²) in [6.07, 6.45) is 1.12. The number of halogens is 1. The Morgan fingerprint density at radius 2 is 2.29 bits per heavy atom. The van der Waals surface area contributed by atoms with Gasteiger partial charge in [0.15, 0.2) is 0 Å². The normalized spacial score (nSPS) is 19.4. The number of amides is 1. The van der Waals surface area contributed by atoms with E-state index in [2.05, 4.69) is 22.6 Å². The van der Waals surface area contributed by atoms with Crippen LogP contribution in [0.2, 0.25) is 0 Å². The molecule has 0 saturated carbocycles. The van der Waals surface area contributed by atoms with E-state index in [1.165, 1.54) is 11.3 Å². The van der Waals surface area contributed by atoms with Gasteiger partial charge in [0.05, 0.1) is 5.56 Å². The van der Waals surface area contributed by atoms with Crippen molar-refractivity contribution in [2.24, 2.45) is 0 Å². The summed E-state index contributed by atoms with van der Waals surface area (Å²) >= 11 is 4.20. The fourth-order valence-electron chi connectivity index (χ4n) is 2.00. The molecule has 1 unspecified atom stereocenters. The Morgan fingerprint density at radius 1 is 1.53 bits per heavy atom. The average Bonchev–Trinajstić information content (AvgIpc) is 2.84. The predicted molar refractivity (Wildman–Crippen MR) is 81.7 cm³/mol. The standard InChI is InChI=1S/C13H16INOS/c1-9-4-3-5-11(12(9)14)13(16)15(2)10-6-7-17-8-10/h3-5,10H,6-8H2,1-2H3. The van der Waals surface area contributed by atoms with Gasteiger partial charge in [-0.05, 0) is 53.3 Å². The van der Waals surface area contributed by atoms with E-state index in [1.54, 1.807) is 0 Å². The molecule has 1 aromatic rings. The Morgan fingerprint density at radius 3 is 2.94 bits per heavy atom. The number of hydrogen-bond acceptors (Lipinski definition) is 2. The Labute approximate surface area is 120 Å². The number of benzene rings is 1. The smallest absolute Gasteiger partial charge is 0.254 e. The third kappa shape index (κ3) is 2.78. The van der Waals surface area contributed by atoms with Crippen molar-refractivity contribution in [1.29, 1.82) is 0 Å². The first-order valence-corrected chi connectivity index (χ1v) is 7.94. The van der Waals surface area contributed by atoms with Crippen LogP contribution in [0, 0.1) is 10.5 Å². The fourth-order valence-corrected chi connectivity index (χ4v) is 3.85. The summed E-state index contributed by atoms with van der Waals surface area (Å²) in [6, 6.07) is 6.34. The summed E-state index contributed by atoms with van der Waals surface area (Å²) < 4.78 is 1.08. The Kier molecular flexibility index (Phi) is 4.36. The highest BCUT2D eigenvalue weighted by Crippen LogP contribution is 2.24. The number of hydrogen-bond donors (Lipinski definition) is 0. The van der Waals surface area contributed by atoms with Crippen LogP contribution in [0.3, 0.4) is 0 Å². The van der Waals surface area contributed by atoms with Crippen LogP contribution in [0.15, 0.2) is 18.2 Å². The fraction of sp³-hybridized carbons (Fsp3) is 0.462. The van der Waals surface area contributed by atoms with Gasteiger partial charge in [-0.15, -0.1) is 0 Å². The van der Waals surface area contributed by atoms with E-state index in [0.717, 1.165) is 21.3 Å². The van der Waals surface area contributed by atoms with Gasteiger partial charge >= 0.3 is 0 Å². The summed E-state index contributed by atoms with van der Waals surface area (Å²) in [5.41, 5.74) is 2.01. The zero-order chi connectivity index (χ0) is 12.4. The largest absolute Gasteiger partial charge is 0.338 e. The van der Waals surface area contributed by atoms with Gasteiger partial charge in [-0.25, -0.2) is 0 Å². The molecule has 0 aromatic heterocycles. The van der Waals surface area contributed by atoms with Crippen LogP contribution >= 0.6 is 34.4 Å². The second kappa shape index (κ2) is 5.61. The summed E-state index contributed by atoms with van der Waals surface area (Å²) in [6.45, 7) is 2.05. The topological polar surface area (TPSA) is 20.3 Å². The minimum absolute atomic E-state index is 0.158. The summed E-state index contributed by atoms with van der Waals surface area (Å²) in [5, 5.41) is 0. The van der Waals surface area contributed by atoms with Crippen LogP contribution in [0.1, 0.15) is 22.3 Å². The first-order chi connectivity index (χ1) is 8.11. The van der Waals surface area contributed by atoms with Crippen LogP contribution < -0.4 is 0 Å². The molecule has 1 amide bonds. The Bertz CT molecular complexity index is 429. The van der Waals surface area contributed by atoms with Crippen molar-refractivity contribution in [3.05, 3.63) is 32.9 Å². The first-order valence-electron chi connectivity index (χ1n) is 5.71. The molecule has 2 nitrogen and oxygen atoms in total. The van der Waals surface area contributed by atoms with Gasteiger partial charge in [-0.1, -0.05) is 12.1 Å². The van der Waals surface area contributed by atoms with E-state index in [-0.39, 0.29) is 5.91 Å². The van der Waals surface area contributed by atoms with E-state index in [4.69, 9.17) is 0 Å². The van der Waals surface area contributed by atoms with Crippen LogP contribution in [-0.4, -0.2) is 35.4 Å². The summed E-state index contributed by atoms with van der Waals surface area (Å²) in [5.74, 6) is 2.41. The zero-order valence-electron chi connectivity index (χ0n) is 10.1. The maximum absolute atomic E-state index is 12.4. The molecule has 92 valence electrons. The van der Waals surface area contributed by atoms with Gasteiger partial charge in [-0.3, -0.25) is 4.79 Å². The number of carbonyl (C=O) groups excluding carboxylic acids is 1. The molecule has 0 bridgehead atoms. The Hall–Kier alpha value is -0.230. The van der Waals surface area contributed by atoms with Crippen molar-refractivity contribution in [1.82, 2.24) is 4.90 Å². The molecule has 0 radical (unpaired) electrons. The predicted octanol–water partition coefficient (Wildman–Crippen LogP) is 3.18. The van der Waals surface area contributed by atoms with E-state index in [9.17, 15) is 4.79 Å². The van der Waals surface area contributed by atoms with Crippen LogP contribution in [0.4, 0.5) is 0 Å². The minimum Gasteiger partial charge on any atom is -0.338 e. The maximum Gasteiger partial charge on any atom is 0.254 e. The van der Waals surface area contributed by atoms with E-state index in [1.807, 2.05) is 48.8 Å². The SMILES string of the molecule is Cc1cccc(C(=O)N(C)C2CCSC2)c1I. The van der Waals surface area contributed by atoms with E-state index < -0.39 is 0 Å². The molecule has 1 aliphatic heterocycles. The van der Waals surface area contributed by atoms with Crippen molar-refractivity contribution >= 4 is 40.3 Å². The molecule has 0 spiro atoms. The van der Waals surface area contributed by atoms with Gasteiger partial charge in [0.25, 0.3) is 5.91 Å². The Balaban J connectivity index is 2.21. The monoisotopic (exact) mass is 361 g/mol. The van der Waals surface area contributed by atoms with Crippen molar-refractivity contribution in [3.8, 4) is 0 Å². The van der Waals surface area contributed by atoms with Crippen molar-refractivity contribution < 1.29 is 4.79 Å².